The average Bonchev–Trinajstić information content (AvgIpc) is 2.35. The van der Waals surface area contributed by atoms with Crippen molar-refractivity contribution < 1.29 is 22.8 Å². The normalized spacial score (nSPS) is 17.1. The van der Waals surface area contributed by atoms with E-state index in [4.69, 9.17) is 0 Å². The third-order valence-corrected chi connectivity index (χ3v) is 2.71. The SMILES string of the molecule is C=CCNC(=O)CN1CCN(C(=O)C(F)(F)F)CC1. The second-order valence-electron chi connectivity index (χ2n) is 4.16. The van der Waals surface area contributed by atoms with Gasteiger partial charge in [-0.05, 0) is 0 Å². The summed E-state index contributed by atoms with van der Waals surface area (Å²) in [5.41, 5.74) is 0. The molecule has 1 aliphatic heterocycles. The number of carbonyl (C=O) groups excluding carboxylic acids is 2. The second-order valence-corrected chi connectivity index (χ2v) is 4.16. The number of hydrogen-bond donors (Lipinski definition) is 1. The third kappa shape index (κ3) is 4.90. The summed E-state index contributed by atoms with van der Waals surface area (Å²) in [6.45, 7) is 4.38. The van der Waals surface area contributed by atoms with E-state index in [2.05, 4.69) is 11.9 Å². The van der Waals surface area contributed by atoms with Gasteiger partial charge in [0.05, 0.1) is 6.54 Å². The van der Waals surface area contributed by atoms with Crippen LogP contribution in [-0.2, 0) is 9.59 Å². The lowest BCUT2D eigenvalue weighted by Crippen LogP contribution is -2.53. The molecule has 0 aliphatic carbocycles. The van der Waals surface area contributed by atoms with Crippen molar-refractivity contribution in [3.8, 4) is 0 Å². The zero-order chi connectivity index (χ0) is 14.5. The summed E-state index contributed by atoms with van der Waals surface area (Å²) in [7, 11) is 0. The van der Waals surface area contributed by atoms with Crippen LogP contribution in [0.2, 0.25) is 0 Å². The minimum absolute atomic E-state index is 0.0208. The Balaban J connectivity index is 2.35. The van der Waals surface area contributed by atoms with Gasteiger partial charge in [-0.2, -0.15) is 13.2 Å². The Morgan fingerprint density at radius 1 is 1.21 bits per heavy atom. The van der Waals surface area contributed by atoms with Crippen molar-refractivity contribution in [1.82, 2.24) is 15.1 Å². The lowest BCUT2D eigenvalue weighted by atomic mass is 10.3. The van der Waals surface area contributed by atoms with Crippen molar-refractivity contribution in [3.05, 3.63) is 12.7 Å². The maximum Gasteiger partial charge on any atom is 0.471 e. The minimum Gasteiger partial charge on any atom is -0.352 e. The maximum absolute atomic E-state index is 12.2. The molecule has 0 radical (unpaired) electrons. The van der Waals surface area contributed by atoms with Gasteiger partial charge < -0.3 is 10.2 Å². The molecule has 19 heavy (non-hydrogen) atoms. The number of carbonyl (C=O) groups is 2. The fraction of sp³-hybridized carbons (Fsp3) is 0.636. The first-order valence-corrected chi connectivity index (χ1v) is 5.80. The van der Waals surface area contributed by atoms with Gasteiger partial charge in [-0.3, -0.25) is 14.5 Å². The molecule has 1 rings (SSSR count). The highest BCUT2D eigenvalue weighted by Gasteiger charge is 2.43. The van der Waals surface area contributed by atoms with Crippen LogP contribution in [0.25, 0.3) is 0 Å². The van der Waals surface area contributed by atoms with E-state index in [0.29, 0.717) is 6.54 Å². The number of piperazine rings is 1. The van der Waals surface area contributed by atoms with Gasteiger partial charge in [0.2, 0.25) is 5.91 Å². The van der Waals surface area contributed by atoms with Crippen molar-refractivity contribution in [1.29, 1.82) is 0 Å². The molecule has 0 aromatic carbocycles. The standard InChI is InChI=1S/C11H16F3N3O2/c1-2-3-15-9(18)8-16-4-6-17(7-5-16)10(19)11(12,13)14/h2H,1,3-8H2,(H,15,18). The van der Waals surface area contributed by atoms with Crippen molar-refractivity contribution in [2.24, 2.45) is 0 Å². The van der Waals surface area contributed by atoms with Gasteiger partial charge in [0.25, 0.3) is 0 Å². The molecule has 0 spiro atoms. The Labute approximate surface area is 109 Å². The van der Waals surface area contributed by atoms with Crippen molar-refractivity contribution in [2.75, 3.05) is 39.3 Å². The van der Waals surface area contributed by atoms with Gasteiger partial charge in [0, 0.05) is 32.7 Å². The predicted octanol–water partition coefficient (Wildman–Crippen LogP) is -0.00490. The quantitative estimate of drug-likeness (QED) is 0.737. The van der Waals surface area contributed by atoms with Crippen molar-refractivity contribution in [3.63, 3.8) is 0 Å². The summed E-state index contributed by atoms with van der Waals surface area (Å²) < 4.78 is 36.6. The van der Waals surface area contributed by atoms with Crippen LogP contribution >= 0.6 is 0 Å². The van der Waals surface area contributed by atoms with Gasteiger partial charge in [0.15, 0.2) is 0 Å². The van der Waals surface area contributed by atoms with Crippen LogP contribution in [0.3, 0.4) is 0 Å². The molecule has 0 saturated carbocycles. The van der Waals surface area contributed by atoms with Crippen molar-refractivity contribution in [2.45, 2.75) is 6.18 Å². The summed E-state index contributed by atoms with van der Waals surface area (Å²) in [6.07, 6.45) is -3.29. The number of rotatable bonds is 4. The number of halogens is 3. The van der Waals surface area contributed by atoms with Crippen LogP contribution in [0.5, 0.6) is 0 Å². The van der Waals surface area contributed by atoms with E-state index >= 15 is 0 Å². The van der Waals surface area contributed by atoms with E-state index in [1.54, 1.807) is 4.90 Å². The van der Waals surface area contributed by atoms with Gasteiger partial charge in [0.1, 0.15) is 0 Å². The van der Waals surface area contributed by atoms with Crippen LogP contribution in [0.4, 0.5) is 13.2 Å². The Hall–Kier alpha value is -1.57. The highest BCUT2D eigenvalue weighted by molar-refractivity contribution is 5.82. The van der Waals surface area contributed by atoms with Gasteiger partial charge in [-0.15, -0.1) is 6.58 Å². The molecule has 2 amide bonds. The molecule has 1 N–H and O–H groups in total. The summed E-state index contributed by atoms with van der Waals surface area (Å²) in [6, 6.07) is 0. The Morgan fingerprint density at radius 3 is 2.26 bits per heavy atom. The zero-order valence-electron chi connectivity index (χ0n) is 10.4. The molecule has 108 valence electrons. The van der Waals surface area contributed by atoms with E-state index in [0.717, 1.165) is 4.90 Å². The van der Waals surface area contributed by atoms with Gasteiger partial charge in [-0.1, -0.05) is 6.08 Å². The second kappa shape index (κ2) is 6.55. The Morgan fingerprint density at radius 2 is 1.79 bits per heavy atom. The van der Waals surface area contributed by atoms with Gasteiger partial charge in [-0.25, -0.2) is 0 Å². The highest BCUT2D eigenvalue weighted by atomic mass is 19.4. The third-order valence-electron chi connectivity index (χ3n) is 2.71. The summed E-state index contributed by atoms with van der Waals surface area (Å²) in [5, 5.41) is 2.58. The molecule has 5 nitrogen and oxygen atoms in total. The fourth-order valence-electron chi connectivity index (χ4n) is 1.73. The molecule has 1 fully saturated rings. The van der Waals surface area contributed by atoms with E-state index < -0.39 is 12.1 Å². The van der Waals surface area contributed by atoms with Crippen LogP contribution in [0.1, 0.15) is 0 Å². The molecular weight excluding hydrogens is 263 g/mol. The summed E-state index contributed by atoms with van der Waals surface area (Å²) in [4.78, 5) is 24.8. The highest BCUT2D eigenvalue weighted by Crippen LogP contribution is 2.19. The number of amides is 2. The van der Waals surface area contributed by atoms with Crippen molar-refractivity contribution >= 4 is 11.8 Å². The van der Waals surface area contributed by atoms with E-state index in [-0.39, 0.29) is 38.6 Å². The fourth-order valence-corrected chi connectivity index (χ4v) is 1.73. The van der Waals surface area contributed by atoms with E-state index in [1.165, 1.54) is 6.08 Å². The predicted molar refractivity (Wildman–Crippen MR) is 62.3 cm³/mol. The van der Waals surface area contributed by atoms with E-state index in [1.807, 2.05) is 0 Å². The van der Waals surface area contributed by atoms with Crippen LogP contribution in [0.15, 0.2) is 12.7 Å². The van der Waals surface area contributed by atoms with Crippen LogP contribution in [0, 0.1) is 0 Å². The van der Waals surface area contributed by atoms with E-state index in [9.17, 15) is 22.8 Å². The Bertz CT molecular complexity index is 350. The maximum atomic E-state index is 12.2. The average molecular weight is 279 g/mol. The topological polar surface area (TPSA) is 52.7 Å². The van der Waals surface area contributed by atoms with Gasteiger partial charge >= 0.3 is 12.1 Å². The molecular formula is C11H16F3N3O2. The lowest BCUT2D eigenvalue weighted by Gasteiger charge is -2.34. The number of nitrogens with one attached hydrogen (secondary N) is 1. The summed E-state index contributed by atoms with van der Waals surface area (Å²) in [5.74, 6) is -2.03. The molecule has 0 atom stereocenters. The monoisotopic (exact) mass is 279 g/mol. The molecule has 0 unspecified atom stereocenters. The lowest BCUT2D eigenvalue weighted by molar-refractivity contribution is -0.187. The van der Waals surface area contributed by atoms with Crippen LogP contribution in [-0.4, -0.2) is 67.1 Å². The minimum atomic E-state index is -4.83. The first-order chi connectivity index (χ1) is 8.84. The molecule has 8 heteroatoms. The molecule has 0 bridgehead atoms. The zero-order valence-corrected chi connectivity index (χ0v) is 10.4. The first kappa shape index (κ1) is 15.5. The Kier molecular flexibility index (Phi) is 5.34. The number of hydrogen-bond acceptors (Lipinski definition) is 3. The molecule has 1 aliphatic rings. The molecule has 0 aromatic heterocycles. The number of nitrogens with zero attached hydrogens (tertiary/aromatic N) is 2. The first-order valence-electron chi connectivity index (χ1n) is 5.80. The molecule has 0 aromatic rings. The molecule has 1 heterocycles. The number of alkyl halides is 3. The smallest absolute Gasteiger partial charge is 0.352 e. The largest absolute Gasteiger partial charge is 0.471 e. The van der Waals surface area contributed by atoms with Crippen LogP contribution < -0.4 is 5.32 Å². The molecule has 1 saturated heterocycles. The summed E-state index contributed by atoms with van der Waals surface area (Å²) >= 11 is 0.